The molecule has 0 spiro atoms. The first-order valence-electron chi connectivity index (χ1n) is 8.80. The van der Waals surface area contributed by atoms with Crippen molar-refractivity contribution in [3.63, 3.8) is 0 Å². The molecule has 0 atom stereocenters. The van der Waals surface area contributed by atoms with E-state index in [9.17, 15) is 0 Å². The Balaban J connectivity index is 2.49. The van der Waals surface area contributed by atoms with Crippen molar-refractivity contribution in [3.8, 4) is 0 Å². The van der Waals surface area contributed by atoms with Crippen molar-refractivity contribution in [1.29, 1.82) is 0 Å². The number of allylic oxidation sites excluding steroid dienone is 4. The Bertz CT molecular complexity index is 623. The highest BCUT2D eigenvalue weighted by molar-refractivity contribution is 5.64. The minimum absolute atomic E-state index is 0.480. The van der Waals surface area contributed by atoms with Gasteiger partial charge in [-0.25, -0.2) is 5.01 Å². The SMILES string of the molecule is CC(C)c1cccc(C(C)C)c1NC1=C(NN(C)C)C=CC=CC1. The van der Waals surface area contributed by atoms with Gasteiger partial charge in [0.05, 0.1) is 5.70 Å². The maximum atomic E-state index is 3.76. The number of nitrogens with zero attached hydrogens (tertiary/aromatic N) is 1. The largest absolute Gasteiger partial charge is 0.356 e. The number of hydrogen-bond acceptors (Lipinski definition) is 3. The maximum absolute atomic E-state index is 3.76. The van der Waals surface area contributed by atoms with E-state index in [0.717, 1.165) is 12.1 Å². The van der Waals surface area contributed by atoms with Crippen LogP contribution in [0.3, 0.4) is 0 Å². The summed E-state index contributed by atoms with van der Waals surface area (Å²) >= 11 is 0. The van der Waals surface area contributed by atoms with E-state index in [0.29, 0.717) is 11.8 Å². The third-order valence-corrected chi connectivity index (χ3v) is 4.15. The van der Waals surface area contributed by atoms with Crippen LogP contribution in [0.2, 0.25) is 0 Å². The molecule has 0 fully saturated rings. The molecule has 1 aliphatic carbocycles. The third-order valence-electron chi connectivity index (χ3n) is 4.15. The molecule has 0 bridgehead atoms. The van der Waals surface area contributed by atoms with Crippen LogP contribution >= 0.6 is 0 Å². The normalized spacial score (nSPS) is 14.7. The average molecular weight is 326 g/mol. The standard InChI is InChI=1S/C21H31N3/c1-15(2)17-11-10-12-18(16(3)4)21(17)22-19-13-8-7-9-14-20(19)23-24(5)6/h7-12,14-16,22-23H,13H2,1-6H3. The van der Waals surface area contributed by atoms with Gasteiger partial charge in [0.25, 0.3) is 0 Å². The number of hydrogen-bond donors (Lipinski definition) is 2. The molecule has 0 unspecified atom stereocenters. The van der Waals surface area contributed by atoms with E-state index in [1.807, 2.05) is 19.1 Å². The zero-order valence-corrected chi connectivity index (χ0v) is 15.9. The van der Waals surface area contributed by atoms with Crippen LogP contribution in [0.4, 0.5) is 5.69 Å². The lowest BCUT2D eigenvalue weighted by molar-refractivity contribution is 0.331. The van der Waals surface area contributed by atoms with Gasteiger partial charge in [0.2, 0.25) is 0 Å². The number of nitrogens with one attached hydrogen (secondary N) is 2. The first kappa shape index (κ1) is 18.3. The fourth-order valence-electron chi connectivity index (χ4n) is 2.94. The molecule has 2 N–H and O–H groups in total. The van der Waals surface area contributed by atoms with Crippen LogP contribution in [0.15, 0.2) is 53.9 Å². The fourth-order valence-corrected chi connectivity index (χ4v) is 2.94. The van der Waals surface area contributed by atoms with Gasteiger partial charge in [-0.2, -0.15) is 0 Å². The molecule has 0 saturated carbocycles. The molecule has 0 aromatic heterocycles. The summed E-state index contributed by atoms with van der Waals surface area (Å²) in [6.45, 7) is 9.02. The minimum atomic E-state index is 0.480. The van der Waals surface area contributed by atoms with E-state index in [1.54, 1.807) is 0 Å². The summed E-state index contributed by atoms with van der Waals surface area (Å²) in [5.74, 6) is 0.961. The Morgan fingerprint density at radius 1 is 0.958 bits per heavy atom. The first-order valence-corrected chi connectivity index (χ1v) is 8.80. The van der Waals surface area contributed by atoms with Gasteiger partial charge in [0.1, 0.15) is 0 Å². The van der Waals surface area contributed by atoms with E-state index in [4.69, 9.17) is 0 Å². The van der Waals surface area contributed by atoms with Gasteiger partial charge >= 0.3 is 0 Å². The summed E-state index contributed by atoms with van der Waals surface area (Å²) in [6, 6.07) is 6.65. The molecule has 1 aliphatic rings. The predicted octanol–water partition coefficient (Wildman–Crippen LogP) is 5.14. The second-order valence-electron chi connectivity index (χ2n) is 7.14. The van der Waals surface area contributed by atoms with E-state index in [1.165, 1.54) is 22.5 Å². The van der Waals surface area contributed by atoms with Crippen molar-refractivity contribution in [2.45, 2.75) is 46.0 Å². The van der Waals surface area contributed by atoms with Crippen LogP contribution in [0.25, 0.3) is 0 Å². The molecular formula is C21H31N3. The lowest BCUT2D eigenvalue weighted by Crippen LogP contribution is -2.30. The molecule has 24 heavy (non-hydrogen) atoms. The van der Waals surface area contributed by atoms with E-state index in [2.05, 4.69) is 80.9 Å². The van der Waals surface area contributed by atoms with Crippen LogP contribution in [0.5, 0.6) is 0 Å². The Morgan fingerprint density at radius 2 is 1.58 bits per heavy atom. The van der Waals surface area contributed by atoms with E-state index in [-0.39, 0.29) is 0 Å². The molecule has 3 heteroatoms. The molecule has 1 aromatic rings. The highest BCUT2D eigenvalue weighted by atomic mass is 15.5. The van der Waals surface area contributed by atoms with Crippen molar-refractivity contribution in [2.24, 2.45) is 0 Å². The summed E-state index contributed by atoms with van der Waals surface area (Å²) in [7, 11) is 4.02. The Labute approximate surface area is 147 Å². The molecule has 0 heterocycles. The van der Waals surface area contributed by atoms with Gasteiger partial charge in [0.15, 0.2) is 0 Å². The van der Waals surface area contributed by atoms with Gasteiger partial charge in [-0.1, -0.05) is 64.1 Å². The average Bonchev–Trinajstić information content (AvgIpc) is 2.72. The second kappa shape index (κ2) is 8.20. The molecule has 0 radical (unpaired) electrons. The third kappa shape index (κ3) is 4.51. The number of anilines is 1. The highest BCUT2D eigenvalue weighted by Gasteiger charge is 2.16. The van der Waals surface area contributed by atoms with Crippen molar-refractivity contribution >= 4 is 5.69 Å². The summed E-state index contributed by atoms with van der Waals surface area (Å²) in [5, 5.41) is 5.74. The lowest BCUT2D eigenvalue weighted by atomic mass is 9.92. The van der Waals surface area contributed by atoms with E-state index < -0.39 is 0 Å². The minimum Gasteiger partial charge on any atom is -0.356 e. The zero-order valence-electron chi connectivity index (χ0n) is 15.9. The van der Waals surface area contributed by atoms with E-state index >= 15 is 0 Å². The molecule has 2 rings (SSSR count). The van der Waals surface area contributed by atoms with Crippen molar-refractivity contribution in [2.75, 3.05) is 19.4 Å². The molecule has 1 aromatic carbocycles. The van der Waals surface area contributed by atoms with Crippen molar-refractivity contribution in [1.82, 2.24) is 10.4 Å². The van der Waals surface area contributed by atoms with Crippen LogP contribution in [0, 0.1) is 0 Å². The topological polar surface area (TPSA) is 27.3 Å². The second-order valence-corrected chi connectivity index (χ2v) is 7.14. The van der Waals surface area contributed by atoms with Crippen LogP contribution < -0.4 is 10.7 Å². The molecule has 0 aliphatic heterocycles. The Kier molecular flexibility index (Phi) is 6.27. The molecule has 0 amide bonds. The number of rotatable bonds is 6. The number of benzene rings is 1. The number of hydrazine groups is 1. The Morgan fingerprint density at radius 3 is 2.12 bits per heavy atom. The van der Waals surface area contributed by atoms with Gasteiger partial charge in [-0.15, -0.1) is 0 Å². The monoisotopic (exact) mass is 325 g/mol. The maximum Gasteiger partial charge on any atom is 0.0685 e. The van der Waals surface area contributed by atoms with Gasteiger partial charge < -0.3 is 10.7 Å². The van der Waals surface area contributed by atoms with Crippen LogP contribution in [-0.2, 0) is 0 Å². The Hall–Kier alpha value is -2.00. The summed E-state index contributed by atoms with van der Waals surface area (Å²) < 4.78 is 0. The smallest absolute Gasteiger partial charge is 0.0685 e. The molecular weight excluding hydrogens is 294 g/mol. The first-order chi connectivity index (χ1) is 11.4. The highest BCUT2D eigenvalue weighted by Crippen LogP contribution is 2.34. The van der Waals surface area contributed by atoms with Crippen LogP contribution in [0.1, 0.15) is 57.1 Å². The number of para-hydroxylation sites is 1. The van der Waals surface area contributed by atoms with Gasteiger partial charge in [-0.3, -0.25) is 0 Å². The predicted molar refractivity (Wildman–Crippen MR) is 105 cm³/mol. The molecule has 130 valence electrons. The fraction of sp³-hybridized carbons (Fsp3) is 0.429. The quantitative estimate of drug-likeness (QED) is 0.709. The zero-order chi connectivity index (χ0) is 17.7. The van der Waals surface area contributed by atoms with Crippen LogP contribution in [-0.4, -0.2) is 19.1 Å². The molecule has 0 saturated heterocycles. The van der Waals surface area contributed by atoms with Crippen molar-refractivity contribution in [3.05, 3.63) is 65.0 Å². The summed E-state index contributed by atoms with van der Waals surface area (Å²) in [4.78, 5) is 0. The molecule has 3 nitrogen and oxygen atoms in total. The summed E-state index contributed by atoms with van der Waals surface area (Å²) in [5.41, 5.74) is 9.72. The lowest BCUT2D eigenvalue weighted by Gasteiger charge is -2.24. The van der Waals surface area contributed by atoms with Gasteiger partial charge in [0, 0.05) is 31.9 Å². The van der Waals surface area contributed by atoms with Gasteiger partial charge in [-0.05, 0) is 29.0 Å². The summed E-state index contributed by atoms with van der Waals surface area (Å²) in [6.07, 6.45) is 9.38. The van der Waals surface area contributed by atoms with Crippen molar-refractivity contribution < 1.29 is 0 Å².